The maximum Gasteiger partial charge on any atom is 0.432 e. The molecule has 0 amide bonds. The van der Waals surface area contributed by atoms with Gasteiger partial charge in [0.05, 0.1) is 0 Å². The fourth-order valence-electron chi connectivity index (χ4n) is 7.47. The molecule has 0 aliphatic rings. The van der Waals surface area contributed by atoms with Crippen molar-refractivity contribution in [1.82, 2.24) is 0 Å². The number of terminal acetylenes is 2. The quantitative estimate of drug-likeness (QED) is 0.0517. The molecule has 0 unspecified atom stereocenters. The van der Waals surface area contributed by atoms with Gasteiger partial charge in [0.15, 0.2) is 0 Å². The average molecular weight is 1400 g/mol. The van der Waals surface area contributed by atoms with E-state index >= 15 is 0 Å². The second-order valence-electron chi connectivity index (χ2n) is 18.1. The van der Waals surface area contributed by atoms with Gasteiger partial charge in [0, 0.05) is 77.7 Å². The maximum absolute atomic E-state index is 14.6. The Balaban J connectivity index is 0.000000424. The van der Waals surface area contributed by atoms with Gasteiger partial charge >= 0.3 is 36.9 Å². The standard InChI is InChI=1S/C37H18F18O2.C14H4BrF9O.C9H12/c38-22-10-18(11-23(39)32(22)36(52,53)56-20-14-26(42)30(27(43)15-20)34(46,47)48)8-6-4-2-1-3-5-7-9-19-12-24(40)33(25(41)13-19)37(54,55)57-21-16-28(44)31(29(45)17-21)35(49,50)51;15-5-1-7(16)12(8(17)2-5)14(23,24)25-6-3-9(18)11(10(19)4-6)13(20,21)22;1-3-5-7-9-8-6-4-2/h10-17H,1-5H2;1-4H;1-2H,5-9H2. The maximum atomic E-state index is 14.6. The van der Waals surface area contributed by atoms with Gasteiger partial charge in [0.1, 0.15) is 120 Å². The van der Waals surface area contributed by atoms with Crippen molar-refractivity contribution in [2.24, 2.45) is 0 Å². The van der Waals surface area contributed by atoms with Crippen LogP contribution in [0.1, 0.15) is 109 Å². The predicted octanol–water partition coefficient (Wildman–Crippen LogP) is 20.8. The third-order valence-electron chi connectivity index (χ3n) is 11.3. The first kappa shape index (κ1) is 75.0. The van der Waals surface area contributed by atoms with Crippen molar-refractivity contribution >= 4 is 15.9 Å². The summed E-state index contributed by atoms with van der Waals surface area (Å²) >= 11 is 2.65. The van der Waals surface area contributed by atoms with E-state index in [0.29, 0.717) is 55.7 Å². The normalized spacial score (nSPS) is 11.8. The molecule has 0 saturated heterocycles. The Kier molecular flexibility index (Phi) is 25.6. The van der Waals surface area contributed by atoms with Crippen LogP contribution in [0.5, 0.6) is 17.2 Å². The molecule has 488 valence electrons. The minimum atomic E-state index is -5.53. The third-order valence-corrected chi connectivity index (χ3v) is 11.8. The van der Waals surface area contributed by atoms with Gasteiger partial charge in [-0.15, -0.1) is 24.7 Å². The summed E-state index contributed by atoms with van der Waals surface area (Å²) in [7, 11) is 0. The van der Waals surface area contributed by atoms with Gasteiger partial charge in [0.25, 0.3) is 0 Å². The Bertz CT molecular complexity index is 3480. The molecule has 0 spiro atoms. The summed E-state index contributed by atoms with van der Waals surface area (Å²) in [5, 5.41) is 0. The lowest BCUT2D eigenvalue weighted by molar-refractivity contribution is -0.190. The molecule has 0 aromatic heterocycles. The van der Waals surface area contributed by atoms with Crippen LogP contribution in [0, 0.1) is 118 Å². The molecule has 91 heavy (non-hydrogen) atoms. The molecule has 6 rings (SSSR count). The van der Waals surface area contributed by atoms with Crippen molar-refractivity contribution in [3.8, 4) is 65.6 Å². The molecule has 0 bridgehead atoms. The van der Waals surface area contributed by atoms with Crippen molar-refractivity contribution in [3.63, 3.8) is 0 Å². The Morgan fingerprint density at radius 1 is 0.297 bits per heavy atom. The molecular formula is C60H34BrF27O3. The lowest BCUT2D eigenvalue weighted by atomic mass is 10.1. The SMILES string of the molecule is C#CCCCCCC#C.Fc1cc(OC(F)(F)c2c(F)cc(Br)cc2F)cc(F)c1C(F)(F)F.Fc1cc(OC(F)(F)c2c(F)cc(C#CCCCCCC#Cc3cc(F)c(C(F)(F)Oc4cc(F)c(C(F)(F)F)c(F)c4)c(F)c3)cc2F)cc(F)c1C(F)(F)F. The van der Waals surface area contributed by atoms with Crippen LogP contribution in [0.15, 0.2) is 77.3 Å². The fourth-order valence-corrected chi connectivity index (χ4v) is 7.87. The molecule has 0 aliphatic heterocycles. The molecule has 0 fully saturated rings. The molecule has 0 radical (unpaired) electrons. The summed E-state index contributed by atoms with van der Waals surface area (Å²) in [6.07, 6.45) is -14.6. The van der Waals surface area contributed by atoms with Gasteiger partial charge in [0.2, 0.25) is 0 Å². The van der Waals surface area contributed by atoms with Crippen LogP contribution in [-0.4, -0.2) is 0 Å². The first-order valence-corrected chi connectivity index (χ1v) is 25.7. The molecule has 6 aromatic carbocycles. The van der Waals surface area contributed by atoms with Gasteiger partial charge < -0.3 is 14.2 Å². The highest BCUT2D eigenvalue weighted by Gasteiger charge is 2.46. The smallest absolute Gasteiger partial charge is 0.429 e. The van der Waals surface area contributed by atoms with Crippen LogP contribution < -0.4 is 14.2 Å². The Morgan fingerprint density at radius 2 is 0.505 bits per heavy atom. The zero-order chi connectivity index (χ0) is 68.8. The van der Waals surface area contributed by atoms with Crippen LogP contribution in [-0.2, 0) is 36.9 Å². The van der Waals surface area contributed by atoms with Crippen LogP contribution >= 0.6 is 15.9 Å². The summed E-state index contributed by atoms with van der Waals surface area (Å²) in [4.78, 5) is 0. The average Bonchev–Trinajstić information content (AvgIpc) is 1.06. The van der Waals surface area contributed by atoms with Crippen molar-refractivity contribution in [2.45, 2.75) is 101 Å². The first-order valence-electron chi connectivity index (χ1n) is 24.9. The van der Waals surface area contributed by atoms with E-state index in [1.165, 1.54) is 6.42 Å². The number of halogens is 28. The molecule has 0 saturated carbocycles. The van der Waals surface area contributed by atoms with Crippen molar-refractivity contribution in [1.29, 1.82) is 0 Å². The molecule has 0 N–H and O–H groups in total. The van der Waals surface area contributed by atoms with Crippen LogP contribution in [0.3, 0.4) is 0 Å². The topological polar surface area (TPSA) is 27.7 Å². The second-order valence-corrected chi connectivity index (χ2v) is 19.1. The van der Waals surface area contributed by atoms with Crippen LogP contribution in [0.25, 0.3) is 0 Å². The predicted molar refractivity (Wildman–Crippen MR) is 272 cm³/mol. The lowest BCUT2D eigenvalue weighted by Crippen LogP contribution is -2.25. The van der Waals surface area contributed by atoms with Crippen molar-refractivity contribution in [3.05, 3.63) is 192 Å². The molecular weight excluding hydrogens is 1360 g/mol. The zero-order valence-electron chi connectivity index (χ0n) is 45.0. The minimum Gasteiger partial charge on any atom is -0.429 e. The summed E-state index contributed by atoms with van der Waals surface area (Å²) in [5.41, 5.74) is -13.9. The molecule has 0 aliphatic carbocycles. The first-order chi connectivity index (χ1) is 42.1. The highest BCUT2D eigenvalue weighted by Crippen LogP contribution is 2.43. The zero-order valence-corrected chi connectivity index (χ0v) is 46.5. The van der Waals surface area contributed by atoms with E-state index in [4.69, 9.17) is 12.8 Å². The number of hydrogen-bond donors (Lipinski definition) is 0. The second kappa shape index (κ2) is 31.0. The highest BCUT2D eigenvalue weighted by atomic mass is 79.9. The van der Waals surface area contributed by atoms with E-state index in [-0.39, 0.29) is 53.7 Å². The number of rotatable bonds is 17. The Morgan fingerprint density at radius 3 is 0.725 bits per heavy atom. The highest BCUT2D eigenvalue weighted by molar-refractivity contribution is 9.10. The molecule has 3 nitrogen and oxygen atoms in total. The lowest BCUT2D eigenvalue weighted by Gasteiger charge is -2.20. The van der Waals surface area contributed by atoms with E-state index in [1.807, 2.05) is 0 Å². The van der Waals surface area contributed by atoms with Crippen molar-refractivity contribution < 1.29 is 133 Å². The van der Waals surface area contributed by atoms with Gasteiger partial charge in [-0.2, -0.15) is 65.9 Å². The summed E-state index contributed by atoms with van der Waals surface area (Å²) < 4.78 is 378. The summed E-state index contributed by atoms with van der Waals surface area (Å²) in [6, 6.07) is 1.13. The summed E-state index contributed by atoms with van der Waals surface area (Å²) in [5.74, 6) is -14.5. The fraction of sp³-hybridized carbons (Fsp3) is 0.267. The number of benzene rings is 6. The number of unbranched alkanes of at least 4 members (excludes halogenated alkanes) is 8. The number of ether oxygens (including phenoxy) is 3. The monoisotopic (exact) mass is 1390 g/mol. The van der Waals surface area contributed by atoms with E-state index in [1.54, 1.807) is 0 Å². The van der Waals surface area contributed by atoms with Gasteiger partial charge in [-0.1, -0.05) is 52.5 Å². The van der Waals surface area contributed by atoms with E-state index in [0.717, 1.165) is 25.7 Å². The van der Waals surface area contributed by atoms with Crippen LogP contribution in [0.2, 0.25) is 0 Å². The molecule has 0 atom stereocenters. The third kappa shape index (κ3) is 21.1. The van der Waals surface area contributed by atoms with Crippen molar-refractivity contribution in [2.75, 3.05) is 0 Å². The van der Waals surface area contributed by atoms with Gasteiger partial charge in [-0.05, 0) is 62.1 Å². The van der Waals surface area contributed by atoms with E-state index in [2.05, 4.69) is 65.7 Å². The van der Waals surface area contributed by atoms with Gasteiger partial charge in [-0.3, -0.25) is 0 Å². The number of alkyl halides is 15. The minimum absolute atomic E-state index is 0.0860. The van der Waals surface area contributed by atoms with E-state index < -0.39 is 168 Å². The number of hydrogen-bond acceptors (Lipinski definition) is 3. The molecule has 31 heteroatoms. The summed E-state index contributed by atoms with van der Waals surface area (Å²) in [6.45, 7) is 0. The Labute approximate surface area is 505 Å². The van der Waals surface area contributed by atoms with Gasteiger partial charge in [-0.25, -0.2) is 52.7 Å². The molecule has 6 aromatic rings. The Hall–Kier alpha value is -8.45. The molecule has 0 heterocycles. The van der Waals surface area contributed by atoms with E-state index in [9.17, 15) is 119 Å². The van der Waals surface area contributed by atoms with Crippen LogP contribution in [0.4, 0.5) is 119 Å². The largest absolute Gasteiger partial charge is 0.432 e.